The molecule has 138 valence electrons. The molecule has 4 nitrogen and oxygen atoms in total. The zero-order valence-corrected chi connectivity index (χ0v) is 16.1. The SMILES string of the molecule is CC(CO)OCC(C)OCC(C)OC1(CC(C)(C)C)CCCC1. The highest BCUT2D eigenvalue weighted by molar-refractivity contribution is 4.91. The lowest BCUT2D eigenvalue weighted by molar-refractivity contribution is -0.137. The molecule has 0 heterocycles. The quantitative estimate of drug-likeness (QED) is 0.659. The summed E-state index contributed by atoms with van der Waals surface area (Å²) in [5.74, 6) is 0. The van der Waals surface area contributed by atoms with Gasteiger partial charge >= 0.3 is 0 Å². The van der Waals surface area contributed by atoms with Crippen LogP contribution < -0.4 is 0 Å². The first kappa shape index (κ1) is 20.9. The molecule has 1 aliphatic carbocycles. The fourth-order valence-corrected chi connectivity index (χ4v) is 3.48. The molecule has 0 bridgehead atoms. The second-order valence-electron chi connectivity index (χ2n) is 8.53. The van der Waals surface area contributed by atoms with Crippen molar-refractivity contribution < 1.29 is 19.3 Å². The van der Waals surface area contributed by atoms with Gasteiger partial charge in [-0.3, -0.25) is 0 Å². The van der Waals surface area contributed by atoms with Crippen LogP contribution in [0.5, 0.6) is 0 Å². The Morgan fingerprint density at radius 3 is 1.96 bits per heavy atom. The molecule has 0 aromatic rings. The average Bonchev–Trinajstić information content (AvgIpc) is 2.88. The van der Waals surface area contributed by atoms with Crippen molar-refractivity contribution in [1.82, 2.24) is 0 Å². The minimum Gasteiger partial charge on any atom is -0.394 e. The summed E-state index contributed by atoms with van der Waals surface area (Å²) < 4.78 is 17.8. The van der Waals surface area contributed by atoms with E-state index in [0.717, 1.165) is 6.42 Å². The molecule has 0 aromatic heterocycles. The van der Waals surface area contributed by atoms with E-state index in [9.17, 15) is 0 Å². The van der Waals surface area contributed by atoms with Gasteiger partial charge in [-0.05, 0) is 45.4 Å². The van der Waals surface area contributed by atoms with Crippen molar-refractivity contribution in [3.63, 3.8) is 0 Å². The van der Waals surface area contributed by atoms with E-state index in [1.165, 1.54) is 25.7 Å². The number of hydrogen-bond donors (Lipinski definition) is 1. The van der Waals surface area contributed by atoms with E-state index >= 15 is 0 Å². The third kappa shape index (κ3) is 8.48. The van der Waals surface area contributed by atoms with Gasteiger partial charge in [0.15, 0.2) is 0 Å². The van der Waals surface area contributed by atoms with Crippen LogP contribution in [0.1, 0.15) is 73.6 Å². The predicted molar refractivity (Wildman–Crippen MR) is 93.7 cm³/mol. The van der Waals surface area contributed by atoms with Gasteiger partial charge in [0.25, 0.3) is 0 Å². The van der Waals surface area contributed by atoms with Gasteiger partial charge in [-0.15, -0.1) is 0 Å². The largest absolute Gasteiger partial charge is 0.394 e. The van der Waals surface area contributed by atoms with Crippen LogP contribution in [-0.4, -0.2) is 48.8 Å². The van der Waals surface area contributed by atoms with Crippen LogP contribution in [0, 0.1) is 5.41 Å². The summed E-state index contributed by atoms with van der Waals surface area (Å²) in [6, 6.07) is 0. The molecule has 0 aliphatic heterocycles. The van der Waals surface area contributed by atoms with Gasteiger partial charge in [-0.25, -0.2) is 0 Å². The fraction of sp³-hybridized carbons (Fsp3) is 1.00. The Balaban J connectivity index is 2.37. The molecule has 0 spiro atoms. The van der Waals surface area contributed by atoms with Gasteiger partial charge < -0.3 is 19.3 Å². The van der Waals surface area contributed by atoms with Crippen LogP contribution in [0.2, 0.25) is 0 Å². The monoisotopic (exact) mass is 330 g/mol. The standard InChI is InChI=1S/C19H38O4/c1-15(11-20)21-12-16(2)22-13-17(3)23-19(9-7-8-10-19)14-18(4,5)6/h15-17,20H,7-14H2,1-6H3. The molecule has 1 fully saturated rings. The van der Waals surface area contributed by atoms with E-state index in [2.05, 4.69) is 27.7 Å². The molecule has 1 aliphatic rings. The second-order valence-corrected chi connectivity index (χ2v) is 8.53. The zero-order valence-electron chi connectivity index (χ0n) is 16.1. The molecular formula is C19H38O4. The third-order valence-electron chi connectivity index (χ3n) is 4.31. The number of ether oxygens (including phenoxy) is 3. The minimum atomic E-state index is -0.136. The molecule has 0 radical (unpaired) electrons. The summed E-state index contributed by atoms with van der Waals surface area (Å²) in [6.07, 6.45) is 5.95. The topological polar surface area (TPSA) is 47.9 Å². The Hall–Kier alpha value is -0.160. The molecule has 3 atom stereocenters. The van der Waals surface area contributed by atoms with Crippen LogP contribution in [0.4, 0.5) is 0 Å². The molecule has 0 saturated heterocycles. The number of rotatable bonds is 10. The van der Waals surface area contributed by atoms with Crippen molar-refractivity contribution in [2.45, 2.75) is 97.6 Å². The maximum absolute atomic E-state index is 8.96. The Bertz CT molecular complexity index is 318. The number of hydrogen-bond acceptors (Lipinski definition) is 4. The van der Waals surface area contributed by atoms with Crippen LogP contribution in [0.15, 0.2) is 0 Å². The van der Waals surface area contributed by atoms with Crippen molar-refractivity contribution >= 4 is 0 Å². The third-order valence-corrected chi connectivity index (χ3v) is 4.31. The molecule has 0 aromatic carbocycles. The van der Waals surface area contributed by atoms with E-state index in [4.69, 9.17) is 19.3 Å². The summed E-state index contributed by atoms with van der Waals surface area (Å²) in [5.41, 5.74) is 0.318. The summed E-state index contributed by atoms with van der Waals surface area (Å²) in [6.45, 7) is 14.0. The summed E-state index contributed by atoms with van der Waals surface area (Å²) in [4.78, 5) is 0. The van der Waals surface area contributed by atoms with Gasteiger partial charge in [0.1, 0.15) is 0 Å². The lowest BCUT2D eigenvalue weighted by Crippen LogP contribution is -2.39. The van der Waals surface area contributed by atoms with Crippen LogP contribution >= 0.6 is 0 Å². The fourth-order valence-electron chi connectivity index (χ4n) is 3.48. The first-order chi connectivity index (χ1) is 10.7. The molecule has 4 heteroatoms. The van der Waals surface area contributed by atoms with Crippen molar-refractivity contribution in [2.75, 3.05) is 19.8 Å². The maximum Gasteiger partial charge on any atom is 0.0788 e. The minimum absolute atomic E-state index is 0.0113. The molecule has 1 saturated carbocycles. The molecule has 3 unspecified atom stereocenters. The summed E-state index contributed by atoms with van der Waals surface area (Å²) >= 11 is 0. The van der Waals surface area contributed by atoms with Gasteiger partial charge in [-0.1, -0.05) is 33.6 Å². The number of aliphatic hydroxyl groups excluding tert-OH is 1. The van der Waals surface area contributed by atoms with Crippen LogP contribution in [-0.2, 0) is 14.2 Å². The number of aliphatic hydroxyl groups is 1. The molecule has 1 N–H and O–H groups in total. The van der Waals surface area contributed by atoms with Crippen molar-refractivity contribution in [2.24, 2.45) is 5.41 Å². The van der Waals surface area contributed by atoms with Gasteiger partial charge in [0, 0.05) is 0 Å². The van der Waals surface area contributed by atoms with Crippen molar-refractivity contribution in [3.05, 3.63) is 0 Å². The van der Waals surface area contributed by atoms with E-state index in [1.807, 2.05) is 13.8 Å². The predicted octanol–water partition coefficient (Wildman–Crippen LogP) is 3.94. The van der Waals surface area contributed by atoms with Gasteiger partial charge in [-0.2, -0.15) is 0 Å². The van der Waals surface area contributed by atoms with E-state index < -0.39 is 0 Å². The highest BCUT2D eigenvalue weighted by Crippen LogP contribution is 2.42. The first-order valence-electron chi connectivity index (χ1n) is 9.18. The van der Waals surface area contributed by atoms with E-state index in [0.29, 0.717) is 13.2 Å². The Morgan fingerprint density at radius 1 is 0.913 bits per heavy atom. The van der Waals surface area contributed by atoms with Crippen molar-refractivity contribution in [3.8, 4) is 0 Å². The average molecular weight is 331 g/mol. The normalized spacial score (nSPS) is 22.0. The molecule has 1 rings (SSSR count). The lowest BCUT2D eigenvalue weighted by atomic mass is 9.80. The molecule has 23 heavy (non-hydrogen) atoms. The molecule has 0 amide bonds. The van der Waals surface area contributed by atoms with Crippen LogP contribution in [0.25, 0.3) is 0 Å². The van der Waals surface area contributed by atoms with E-state index in [-0.39, 0.29) is 35.9 Å². The Kier molecular flexibility index (Phi) is 8.50. The maximum atomic E-state index is 8.96. The summed E-state index contributed by atoms with van der Waals surface area (Å²) in [7, 11) is 0. The Labute approximate surface area is 142 Å². The van der Waals surface area contributed by atoms with Crippen LogP contribution in [0.3, 0.4) is 0 Å². The highest BCUT2D eigenvalue weighted by atomic mass is 16.6. The smallest absolute Gasteiger partial charge is 0.0788 e. The second kappa shape index (κ2) is 9.36. The highest BCUT2D eigenvalue weighted by Gasteiger charge is 2.39. The zero-order chi connectivity index (χ0) is 17.5. The van der Waals surface area contributed by atoms with Gasteiger partial charge in [0.2, 0.25) is 0 Å². The Morgan fingerprint density at radius 2 is 1.43 bits per heavy atom. The first-order valence-corrected chi connectivity index (χ1v) is 9.18. The van der Waals surface area contributed by atoms with Gasteiger partial charge in [0.05, 0.1) is 43.7 Å². The van der Waals surface area contributed by atoms with Crippen molar-refractivity contribution in [1.29, 1.82) is 0 Å². The lowest BCUT2D eigenvalue weighted by Gasteiger charge is -2.38. The summed E-state index contributed by atoms with van der Waals surface area (Å²) in [5, 5.41) is 8.96. The van der Waals surface area contributed by atoms with E-state index in [1.54, 1.807) is 0 Å². The molecular weight excluding hydrogens is 292 g/mol.